The minimum absolute atomic E-state index is 0.0761. The van der Waals surface area contributed by atoms with Crippen molar-refractivity contribution in [3.05, 3.63) is 70.7 Å². The van der Waals surface area contributed by atoms with E-state index in [2.05, 4.69) is 14.7 Å². The van der Waals surface area contributed by atoms with Crippen molar-refractivity contribution in [3.8, 4) is 11.3 Å². The summed E-state index contributed by atoms with van der Waals surface area (Å²) in [7, 11) is 1.65. The third-order valence-electron chi connectivity index (χ3n) is 5.87. The Bertz CT molecular complexity index is 1350. The lowest BCUT2D eigenvalue weighted by atomic mass is 10.1. The van der Waals surface area contributed by atoms with Gasteiger partial charge in [0, 0.05) is 29.6 Å². The highest BCUT2D eigenvalue weighted by Crippen LogP contribution is 2.28. The molecular formula is C26H27N3O5. The fourth-order valence-electron chi connectivity index (χ4n) is 4.35. The molecule has 8 heteroatoms. The van der Waals surface area contributed by atoms with Crippen LogP contribution in [0.2, 0.25) is 0 Å². The number of carbonyl (C=O) groups excluding carboxylic acids is 2. The van der Waals surface area contributed by atoms with Crippen LogP contribution in [-0.4, -0.2) is 46.8 Å². The topological polar surface area (TPSA) is 96.5 Å². The summed E-state index contributed by atoms with van der Waals surface area (Å²) in [5.41, 5.74) is 4.69. The second-order valence-electron chi connectivity index (χ2n) is 8.33. The average molecular weight is 462 g/mol. The number of hydrogen-bond acceptors (Lipinski definition) is 7. The first-order chi connectivity index (χ1) is 16.3. The van der Waals surface area contributed by atoms with Crippen molar-refractivity contribution in [1.29, 1.82) is 0 Å². The number of ether oxygens (including phenoxy) is 2. The summed E-state index contributed by atoms with van der Waals surface area (Å²) < 4.78 is 18.1. The number of carbonyl (C=O) groups is 2. The van der Waals surface area contributed by atoms with E-state index in [1.807, 2.05) is 57.2 Å². The van der Waals surface area contributed by atoms with E-state index in [9.17, 15) is 9.59 Å². The number of aryl methyl sites for hydroxylation is 2. The van der Waals surface area contributed by atoms with Crippen molar-refractivity contribution in [2.75, 3.05) is 20.3 Å². The van der Waals surface area contributed by atoms with Crippen molar-refractivity contribution >= 4 is 22.9 Å². The van der Waals surface area contributed by atoms with Gasteiger partial charge in [0.15, 0.2) is 6.61 Å². The highest BCUT2D eigenvalue weighted by molar-refractivity contribution is 6.06. The van der Waals surface area contributed by atoms with Gasteiger partial charge < -0.3 is 18.6 Å². The number of hydrogen-bond donors (Lipinski definition) is 0. The van der Waals surface area contributed by atoms with E-state index in [-0.39, 0.29) is 29.7 Å². The molecule has 0 aliphatic rings. The minimum Gasteiger partial charge on any atom is -0.454 e. The molecule has 0 radical (unpaired) electrons. The molecule has 0 saturated carbocycles. The quantitative estimate of drug-likeness (QED) is 0.273. The van der Waals surface area contributed by atoms with Gasteiger partial charge in [0.2, 0.25) is 5.78 Å². The van der Waals surface area contributed by atoms with Crippen molar-refractivity contribution in [2.45, 2.75) is 33.7 Å². The molecule has 1 atom stereocenters. The molecule has 0 aliphatic carbocycles. The van der Waals surface area contributed by atoms with E-state index in [4.69, 9.17) is 14.0 Å². The monoisotopic (exact) mass is 461 g/mol. The third-order valence-corrected chi connectivity index (χ3v) is 5.87. The van der Waals surface area contributed by atoms with Crippen LogP contribution >= 0.6 is 0 Å². The number of pyridine rings is 1. The molecule has 8 nitrogen and oxygen atoms in total. The van der Waals surface area contributed by atoms with Crippen LogP contribution in [0.5, 0.6) is 0 Å². The summed E-state index contributed by atoms with van der Waals surface area (Å²) in [6, 6.07) is 13.0. The van der Waals surface area contributed by atoms with Gasteiger partial charge >= 0.3 is 5.97 Å². The molecule has 0 amide bonds. The zero-order valence-electron chi connectivity index (χ0n) is 19.9. The van der Waals surface area contributed by atoms with Crippen LogP contribution < -0.4 is 0 Å². The second kappa shape index (κ2) is 9.61. The van der Waals surface area contributed by atoms with Gasteiger partial charge in [-0.1, -0.05) is 35.5 Å². The molecule has 1 aromatic carbocycles. The fourth-order valence-corrected chi connectivity index (χ4v) is 4.35. The molecule has 0 N–H and O–H groups in total. The summed E-state index contributed by atoms with van der Waals surface area (Å²) in [4.78, 5) is 30.5. The van der Waals surface area contributed by atoms with Gasteiger partial charge in [-0.3, -0.25) is 4.79 Å². The Labute approximate surface area is 197 Å². The molecular weight excluding hydrogens is 434 g/mol. The van der Waals surface area contributed by atoms with Crippen LogP contribution in [0.3, 0.4) is 0 Å². The molecule has 1 unspecified atom stereocenters. The highest BCUT2D eigenvalue weighted by Gasteiger charge is 2.23. The molecule has 4 rings (SSSR count). The molecule has 0 aliphatic heterocycles. The van der Waals surface area contributed by atoms with Gasteiger partial charge in [0.25, 0.3) is 5.71 Å². The smallest absolute Gasteiger partial charge is 0.339 e. The number of fused-ring (bicyclic) bond motifs is 1. The first-order valence-corrected chi connectivity index (χ1v) is 11.0. The number of methoxy groups -OCH3 is 1. The Kier molecular flexibility index (Phi) is 6.61. The van der Waals surface area contributed by atoms with E-state index in [1.54, 1.807) is 20.1 Å². The van der Waals surface area contributed by atoms with E-state index < -0.39 is 5.97 Å². The summed E-state index contributed by atoms with van der Waals surface area (Å²) in [5, 5.41) is 4.42. The molecule has 0 saturated heterocycles. The van der Waals surface area contributed by atoms with Gasteiger partial charge in [-0.25, -0.2) is 9.78 Å². The SMILES string of the molecule is COCC(C)n1c(C)cc(C(=O)COC(=O)c2cc(-c3ccccc3)nc3onc(C)c23)c1C. The maximum atomic E-state index is 13.1. The number of esters is 1. The number of rotatable bonds is 8. The Balaban J connectivity index is 1.59. The lowest BCUT2D eigenvalue weighted by Gasteiger charge is -2.17. The normalized spacial score (nSPS) is 12.1. The van der Waals surface area contributed by atoms with E-state index in [1.165, 1.54) is 0 Å². The molecule has 4 aromatic rings. The summed E-state index contributed by atoms with van der Waals surface area (Å²) in [6.45, 7) is 7.73. The lowest BCUT2D eigenvalue weighted by molar-refractivity contribution is 0.0476. The van der Waals surface area contributed by atoms with Gasteiger partial charge in [0.05, 0.1) is 35.0 Å². The minimum atomic E-state index is -0.634. The van der Waals surface area contributed by atoms with Crippen LogP contribution in [-0.2, 0) is 9.47 Å². The van der Waals surface area contributed by atoms with Gasteiger partial charge in [-0.15, -0.1) is 0 Å². The summed E-state index contributed by atoms with van der Waals surface area (Å²) in [5.74, 6) is -0.904. The Morgan fingerprint density at radius 2 is 1.82 bits per heavy atom. The summed E-state index contributed by atoms with van der Waals surface area (Å²) in [6.07, 6.45) is 0. The van der Waals surface area contributed by atoms with Gasteiger partial charge in [-0.05, 0) is 39.8 Å². The largest absolute Gasteiger partial charge is 0.454 e. The maximum absolute atomic E-state index is 13.1. The average Bonchev–Trinajstić information content (AvgIpc) is 3.36. The number of Topliss-reactive ketones (excluding diaryl/α,β-unsaturated/α-hetero) is 1. The molecule has 3 heterocycles. The standard InChI is InChI=1S/C26H27N3O5/c1-15-11-20(18(4)29(15)16(2)13-32-5)23(30)14-33-26(31)21-12-22(19-9-7-6-8-10-19)27-25-24(21)17(3)28-34-25/h6-12,16H,13-14H2,1-5H3. The number of aromatic nitrogens is 3. The third kappa shape index (κ3) is 4.36. The number of nitrogens with zero attached hydrogens (tertiary/aromatic N) is 3. The predicted molar refractivity (Wildman–Crippen MR) is 127 cm³/mol. The predicted octanol–water partition coefficient (Wildman–Crippen LogP) is 4.86. The molecule has 0 spiro atoms. The molecule has 0 fully saturated rings. The van der Waals surface area contributed by atoms with Crippen LogP contribution in [0.25, 0.3) is 22.4 Å². The zero-order valence-corrected chi connectivity index (χ0v) is 19.9. The van der Waals surface area contributed by atoms with Gasteiger partial charge in [0.1, 0.15) is 0 Å². The van der Waals surface area contributed by atoms with E-state index in [0.717, 1.165) is 17.0 Å². The Morgan fingerprint density at radius 1 is 1.09 bits per heavy atom. The van der Waals surface area contributed by atoms with Crippen LogP contribution in [0.1, 0.15) is 50.8 Å². The zero-order chi connectivity index (χ0) is 24.4. The van der Waals surface area contributed by atoms with E-state index >= 15 is 0 Å². The summed E-state index contributed by atoms with van der Waals surface area (Å²) >= 11 is 0. The fraction of sp³-hybridized carbons (Fsp3) is 0.308. The van der Waals surface area contributed by atoms with Crippen LogP contribution in [0.15, 0.2) is 47.0 Å². The van der Waals surface area contributed by atoms with Crippen LogP contribution in [0.4, 0.5) is 0 Å². The highest BCUT2D eigenvalue weighted by atomic mass is 16.5. The number of benzene rings is 1. The number of ketones is 1. The molecule has 34 heavy (non-hydrogen) atoms. The van der Waals surface area contributed by atoms with E-state index in [0.29, 0.717) is 28.9 Å². The molecule has 0 bridgehead atoms. The first kappa shape index (κ1) is 23.4. The molecule has 3 aromatic heterocycles. The Hall–Kier alpha value is -3.78. The van der Waals surface area contributed by atoms with Crippen molar-refractivity contribution in [2.24, 2.45) is 0 Å². The second-order valence-corrected chi connectivity index (χ2v) is 8.33. The van der Waals surface area contributed by atoms with Crippen LogP contribution in [0, 0.1) is 20.8 Å². The van der Waals surface area contributed by atoms with Crippen molar-refractivity contribution in [1.82, 2.24) is 14.7 Å². The van der Waals surface area contributed by atoms with Gasteiger partial charge in [-0.2, -0.15) is 0 Å². The van der Waals surface area contributed by atoms with Crippen molar-refractivity contribution in [3.63, 3.8) is 0 Å². The van der Waals surface area contributed by atoms with Crippen molar-refractivity contribution < 1.29 is 23.6 Å². The Morgan fingerprint density at radius 3 is 2.53 bits per heavy atom. The maximum Gasteiger partial charge on any atom is 0.339 e. The molecule has 176 valence electrons. The lowest BCUT2D eigenvalue weighted by Crippen LogP contribution is -2.17. The first-order valence-electron chi connectivity index (χ1n) is 11.0.